The monoisotopic (exact) mass is 409 g/mol. The second kappa shape index (κ2) is 7.00. The molecular weight excluding hydrogens is 386 g/mol. The molecule has 1 saturated heterocycles. The van der Waals surface area contributed by atoms with Crippen LogP contribution in [0.1, 0.15) is 28.9 Å². The number of fused-ring (bicyclic) bond motifs is 1. The first-order valence-corrected chi connectivity index (χ1v) is 10.7. The average Bonchev–Trinajstić information content (AvgIpc) is 3.52. The lowest BCUT2D eigenvalue weighted by molar-refractivity contribution is -0.00594. The fourth-order valence-electron chi connectivity index (χ4n) is 4.85. The SMILES string of the molecule is COc1ccc([C@@]2(O)CC[C@@H]3CN(C(=O)c4cc(-c5cccs5)[nH]n4)C[C@@H]32)cc1. The van der Waals surface area contributed by atoms with Crippen LogP contribution in [0.3, 0.4) is 0 Å². The standard InChI is InChI=1S/C22H23N3O3S/c1-28-16-6-4-15(5-7-16)22(27)9-8-14-12-25(13-17(14)22)21(26)19-11-18(23-24-19)20-3-2-10-29-20/h2-7,10-11,14,17,27H,8-9,12-13H2,1H3,(H,23,24)/t14-,17+,22+/m1/s1. The first kappa shape index (κ1) is 18.4. The van der Waals surface area contributed by atoms with E-state index in [0.29, 0.717) is 24.7 Å². The Kier molecular flexibility index (Phi) is 4.44. The van der Waals surface area contributed by atoms with Gasteiger partial charge in [-0.25, -0.2) is 0 Å². The third-order valence-electron chi connectivity index (χ3n) is 6.41. The number of aromatic amines is 1. The van der Waals surface area contributed by atoms with Gasteiger partial charge >= 0.3 is 0 Å². The molecule has 0 spiro atoms. The molecule has 7 heteroatoms. The van der Waals surface area contributed by atoms with E-state index in [-0.39, 0.29) is 11.8 Å². The first-order valence-electron chi connectivity index (χ1n) is 9.84. The number of likely N-dealkylation sites (tertiary alicyclic amines) is 1. The summed E-state index contributed by atoms with van der Waals surface area (Å²) in [6.07, 6.45) is 1.64. The number of hydrogen-bond donors (Lipinski definition) is 2. The van der Waals surface area contributed by atoms with E-state index in [2.05, 4.69) is 10.2 Å². The highest BCUT2D eigenvalue weighted by molar-refractivity contribution is 7.13. The average molecular weight is 410 g/mol. The van der Waals surface area contributed by atoms with Crippen LogP contribution in [0.4, 0.5) is 0 Å². The van der Waals surface area contributed by atoms with Gasteiger partial charge in [0.05, 0.1) is 23.3 Å². The maximum atomic E-state index is 13.0. The Morgan fingerprint density at radius 3 is 2.86 bits per heavy atom. The van der Waals surface area contributed by atoms with E-state index in [1.54, 1.807) is 18.4 Å². The molecule has 6 nitrogen and oxygen atoms in total. The van der Waals surface area contributed by atoms with E-state index in [9.17, 15) is 9.90 Å². The van der Waals surface area contributed by atoms with Gasteiger partial charge in [0.15, 0.2) is 5.69 Å². The van der Waals surface area contributed by atoms with Crippen molar-refractivity contribution < 1.29 is 14.6 Å². The second-order valence-corrected chi connectivity index (χ2v) is 8.86. The summed E-state index contributed by atoms with van der Waals surface area (Å²) < 4.78 is 5.23. The van der Waals surface area contributed by atoms with Gasteiger partial charge in [-0.15, -0.1) is 11.3 Å². The zero-order valence-electron chi connectivity index (χ0n) is 16.2. The molecule has 29 heavy (non-hydrogen) atoms. The minimum Gasteiger partial charge on any atom is -0.497 e. The largest absolute Gasteiger partial charge is 0.497 e. The zero-order chi connectivity index (χ0) is 20.0. The summed E-state index contributed by atoms with van der Waals surface area (Å²) in [6.45, 7) is 1.22. The Labute approximate surface area is 173 Å². The number of carbonyl (C=O) groups is 1. The minimum atomic E-state index is -0.903. The van der Waals surface area contributed by atoms with E-state index >= 15 is 0 Å². The number of rotatable bonds is 4. The van der Waals surface area contributed by atoms with Crippen LogP contribution in [0, 0.1) is 11.8 Å². The molecule has 150 valence electrons. The Bertz CT molecular complexity index is 1010. The van der Waals surface area contributed by atoms with Gasteiger partial charge in [0.1, 0.15) is 5.75 Å². The number of methoxy groups -OCH3 is 1. The molecule has 1 aliphatic heterocycles. The van der Waals surface area contributed by atoms with Crippen molar-refractivity contribution in [1.29, 1.82) is 0 Å². The number of thiophene rings is 1. The Morgan fingerprint density at radius 2 is 2.14 bits per heavy atom. The molecule has 2 aliphatic rings. The maximum Gasteiger partial charge on any atom is 0.274 e. The number of ether oxygens (including phenoxy) is 1. The molecule has 3 aromatic rings. The van der Waals surface area contributed by atoms with Gasteiger partial charge < -0.3 is 14.7 Å². The molecule has 1 aromatic carbocycles. The van der Waals surface area contributed by atoms with E-state index in [0.717, 1.165) is 34.7 Å². The number of nitrogens with one attached hydrogen (secondary N) is 1. The Morgan fingerprint density at radius 1 is 1.31 bits per heavy atom. The lowest BCUT2D eigenvalue weighted by atomic mass is 9.82. The highest BCUT2D eigenvalue weighted by atomic mass is 32.1. The summed E-state index contributed by atoms with van der Waals surface area (Å²) in [5.41, 5.74) is 1.29. The molecule has 1 aliphatic carbocycles. The molecule has 0 radical (unpaired) electrons. The third-order valence-corrected chi connectivity index (χ3v) is 7.31. The van der Waals surface area contributed by atoms with Crippen molar-refractivity contribution >= 4 is 17.2 Å². The van der Waals surface area contributed by atoms with Gasteiger partial charge in [-0.05, 0) is 54.0 Å². The van der Waals surface area contributed by atoms with Gasteiger partial charge in [0.25, 0.3) is 5.91 Å². The molecule has 0 unspecified atom stereocenters. The van der Waals surface area contributed by atoms with Crippen LogP contribution in [-0.4, -0.2) is 46.3 Å². The number of hydrogen-bond acceptors (Lipinski definition) is 5. The van der Waals surface area contributed by atoms with Crippen molar-refractivity contribution in [2.24, 2.45) is 11.8 Å². The maximum absolute atomic E-state index is 13.0. The summed E-state index contributed by atoms with van der Waals surface area (Å²) in [7, 11) is 1.63. The molecule has 1 saturated carbocycles. The van der Waals surface area contributed by atoms with Gasteiger partial charge in [0, 0.05) is 19.0 Å². The molecule has 2 aromatic heterocycles. The van der Waals surface area contributed by atoms with Crippen molar-refractivity contribution in [2.45, 2.75) is 18.4 Å². The number of H-pyrrole nitrogens is 1. The van der Waals surface area contributed by atoms with Gasteiger partial charge in [-0.3, -0.25) is 9.89 Å². The molecule has 1 amide bonds. The van der Waals surface area contributed by atoms with Crippen LogP contribution in [0.25, 0.3) is 10.6 Å². The fourth-order valence-corrected chi connectivity index (χ4v) is 5.54. The van der Waals surface area contributed by atoms with Crippen molar-refractivity contribution in [1.82, 2.24) is 15.1 Å². The summed E-state index contributed by atoms with van der Waals surface area (Å²) in [6, 6.07) is 13.4. The topological polar surface area (TPSA) is 78.5 Å². The number of benzene rings is 1. The third kappa shape index (κ3) is 3.05. The van der Waals surface area contributed by atoms with E-state index < -0.39 is 5.60 Å². The molecule has 2 fully saturated rings. The van der Waals surface area contributed by atoms with E-state index in [4.69, 9.17) is 4.74 Å². The van der Waals surface area contributed by atoms with Gasteiger partial charge in [-0.2, -0.15) is 5.10 Å². The van der Waals surface area contributed by atoms with Crippen molar-refractivity contribution in [3.63, 3.8) is 0 Å². The second-order valence-electron chi connectivity index (χ2n) is 7.91. The summed E-state index contributed by atoms with van der Waals surface area (Å²) >= 11 is 1.61. The van der Waals surface area contributed by atoms with Crippen LogP contribution < -0.4 is 4.74 Å². The zero-order valence-corrected chi connectivity index (χ0v) is 17.0. The van der Waals surface area contributed by atoms with Crippen molar-refractivity contribution in [3.8, 4) is 16.3 Å². The van der Waals surface area contributed by atoms with Crippen LogP contribution in [0.2, 0.25) is 0 Å². The van der Waals surface area contributed by atoms with Crippen LogP contribution in [-0.2, 0) is 5.60 Å². The summed E-state index contributed by atoms with van der Waals surface area (Å²) in [5.74, 6) is 1.04. The Balaban J connectivity index is 1.34. The van der Waals surface area contributed by atoms with Gasteiger partial charge in [-0.1, -0.05) is 18.2 Å². The van der Waals surface area contributed by atoms with Crippen molar-refractivity contribution in [3.05, 3.63) is 59.1 Å². The van der Waals surface area contributed by atoms with E-state index in [1.807, 2.05) is 52.7 Å². The number of carbonyl (C=O) groups excluding carboxylic acids is 1. The van der Waals surface area contributed by atoms with Crippen LogP contribution in [0.15, 0.2) is 47.8 Å². The number of amides is 1. The summed E-state index contributed by atoms with van der Waals surface area (Å²) in [5, 5.41) is 20.7. The lowest BCUT2D eigenvalue weighted by Gasteiger charge is -2.30. The highest BCUT2D eigenvalue weighted by Gasteiger charge is 2.53. The predicted octanol–water partition coefficient (Wildman–Crippen LogP) is 3.52. The van der Waals surface area contributed by atoms with Crippen molar-refractivity contribution in [2.75, 3.05) is 20.2 Å². The predicted molar refractivity (Wildman–Crippen MR) is 111 cm³/mol. The van der Waals surface area contributed by atoms with Crippen LogP contribution >= 0.6 is 11.3 Å². The molecular formula is C22H23N3O3S. The summed E-state index contributed by atoms with van der Waals surface area (Å²) in [4.78, 5) is 15.9. The normalized spacial score (nSPS) is 25.9. The van der Waals surface area contributed by atoms with Gasteiger partial charge in [0.2, 0.25) is 0 Å². The molecule has 2 N–H and O–H groups in total. The lowest BCUT2D eigenvalue weighted by Crippen LogP contribution is -2.36. The molecule has 0 bridgehead atoms. The highest BCUT2D eigenvalue weighted by Crippen LogP contribution is 2.50. The first-order chi connectivity index (χ1) is 14.1. The van der Waals surface area contributed by atoms with E-state index in [1.165, 1.54) is 0 Å². The fraction of sp³-hybridized carbons (Fsp3) is 0.364. The molecule has 5 rings (SSSR count). The van der Waals surface area contributed by atoms with Crippen LogP contribution in [0.5, 0.6) is 5.75 Å². The number of aromatic nitrogens is 2. The quantitative estimate of drug-likeness (QED) is 0.691. The number of nitrogens with zero attached hydrogens (tertiary/aromatic N) is 2. The Hall–Kier alpha value is -2.64. The smallest absolute Gasteiger partial charge is 0.274 e. The molecule has 3 atom stereocenters. The molecule has 3 heterocycles. The minimum absolute atomic E-state index is 0.0375. The number of aliphatic hydroxyl groups is 1.